The lowest BCUT2D eigenvalue weighted by Gasteiger charge is -2.18. The molecule has 0 aromatic heterocycles. The fourth-order valence-electron chi connectivity index (χ4n) is 1.78. The summed E-state index contributed by atoms with van der Waals surface area (Å²) in [6.45, 7) is 4.12. The SMILES string of the molecule is CC1(C)OC[C@H]([C@H](O)/C=C/c2ccccc2)O1. The molecule has 92 valence electrons. The van der Waals surface area contributed by atoms with E-state index < -0.39 is 11.9 Å². The lowest BCUT2D eigenvalue weighted by Crippen LogP contribution is -2.29. The van der Waals surface area contributed by atoms with Gasteiger partial charge in [-0.05, 0) is 19.4 Å². The zero-order valence-electron chi connectivity index (χ0n) is 10.2. The lowest BCUT2D eigenvalue weighted by molar-refractivity contribution is -0.147. The fraction of sp³-hybridized carbons (Fsp3) is 0.429. The Morgan fingerprint density at radius 1 is 1.35 bits per heavy atom. The topological polar surface area (TPSA) is 38.7 Å². The van der Waals surface area contributed by atoms with Crippen molar-refractivity contribution in [2.24, 2.45) is 0 Å². The molecule has 2 rings (SSSR count). The minimum atomic E-state index is -0.642. The highest BCUT2D eigenvalue weighted by Gasteiger charge is 2.35. The maximum absolute atomic E-state index is 9.95. The first-order valence-corrected chi connectivity index (χ1v) is 5.80. The van der Waals surface area contributed by atoms with Crippen LogP contribution in [-0.4, -0.2) is 29.7 Å². The number of benzene rings is 1. The summed E-state index contributed by atoms with van der Waals surface area (Å²) in [5.41, 5.74) is 1.06. The highest BCUT2D eigenvalue weighted by Crippen LogP contribution is 2.24. The van der Waals surface area contributed by atoms with Gasteiger partial charge in [0, 0.05) is 0 Å². The lowest BCUT2D eigenvalue weighted by atomic mass is 10.1. The van der Waals surface area contributed by atoms with Crippen LogP contribution in [0.3, 0.4) is 0 Å². The zero-order chi connectivity index (χ0) is 12.3. The smallest absolute Gasteiger partial charge is 0.163 e. The first kappa shape index (κ1) is 12.3. The molecule has 0 aliphatic carbocycles. The van der Waals surface area contributed by atoms with Crippen LogP contribution in [0.5, 0.6) is 0 Å². The molecule has 1 saturated heterocycles. The Balaban J connectivity index is 1.94. The Morgan fingerprint density at radius 2 is 2.06 bits per heavy atom. The number of hydrogen-bond donors (Lipinski definition) is 1. The van der Waals surface area contributed by atoms with Gasteiger partial charge in [0.2, 0.25) is 0 Å². The Labute approximate surface area is 102 Å². The number of hydrogen-bond acceptors (Lipinski definition) is 3. The Bertz CT molecular complexity index is 384. The summed E-state index contributed by atoms with van der Waals surface area (Å²) in [7, 11) is 0. The van der Waals surface area contributed by atoms with Crippen molar-refractivity contribution < 1.29 is 14.6 Å². The molecule has 0 saturated carbocycles. The molecule has 1 aliphatic heterocycles. The Kier molecular flexibility index (Phi) is 3.62. The van der Waals surface area contributed by atoms with Gasteiger partial charge in [-0.3, -0.25) is 0 Å². The molecule has 2 atom stereocenters. The molecule has 0 bridgehead atoms. The number of ether oxygens (including phenoxy) is 2. The van der Waals surface area contributed by atoms with Gasteiger partial charge in [0.15, 0.2) is 5.79 Å². The zero-order valence-corrected chi connectivity index (χ0v) is 10.2. The van der Waals surface area contributed by atoms with Gasteiger partial charge in [0.05, 0.1) is 6.61 Å². The van der Waals surface area contributed by atoms with Crippen LogP contribution in [0.1, 0.15) is 19.4 Å². The average molecular weight is 234 g/mol. The molecule has 1 aromatic rings. The van der Waals surface area contributed by atoms with Crippen molar-refractivity contribution in [3.05, 3.63) is 42.0 Å². The van der Waals surface area contributed by atoms with E-state index in [1.165, 1.54) is 0 Å². The van der Waals surface area contributed by atoms with Crippen LogP contribution in [0.2, 0.25) is 0 Å². The molecule has 1 N–H and O–H groups in total. The highest BCUT2D eigenvalue weighted by molar-refractivity contribution is 5.49. The summed E-state index contributed by atoms with van der Waals surface area (Å²) in [6.07, 6.45) is 2.70. The predicted octanol–water partition coefficient (Wildman–Crippen LogP) is 2.21. The first-order valence-electron chi connectivity index (χ1n) is 5.80. The number of rotatable bonds is 3. The van der Waals surface area contributed by atoms with Crippen LogP contribution in [0.4, 0.5) is 0 Å². The van der Waals surface area contributed by atoms with Gasteiger partial charge >= 0.3 is 0 Å². The molecule has 0 radical (unpaired) electrons. The van der Waals surface area contributed by atoms with Crippen LogP contribution in [0, 0.1) is 0 Å². The van der Waals surface area contributed by atoms with Gasteiger partial charge < -0.3 is 14.6 Å². The van der Waals surface area contributed by atoms with E-state index in [9.17, 15) is 5.11 Å². The second-order valence-corrected chi connectivity index (χ2v) is 4.63. The number of aliphatic hydroxyl groups excluding tert-OH is 1. The Morgan fingerprint density at radius 3 is 2.65 bits per heavy atom. The Hall–Kier alpha value is -1.16. The molecule has 1 aromatic carbocycles. The summed E-state index contributed by atoms with van der Waals surface area (Å²) < 4.78 is 11.0. The summed E-state index contributed by atoms with van der Waals surface area (Å²) in [4.78, 5) is 0. The second kappa shape index (κ2) is 5.00. The van der Waals surface area contributed by atoms with Gasteiger partial charge in [-0.1, -0.05) is 42.5 Å². The van der Waals surface area contributed by atoms with Crippen LogP contribution in [0.15, 0.2) is 36.4 Å². The summed E-state index contributed by atoms with van der Waals surface area (Å²) in [5, 5.41) is 9.95. The van der Waals surface area contributed by atoms with Gasteiger partial charge in [-0.15, -0.1) is 0 Å². The van der Waals surface area contributed by atoms with Gasteiger partial charge in [0.25, 0.3) is 0 Å². The first-order chi connectivity index (χ1) is 8.07. The quantitative estimate of drug-likeness (QED) is 0.871. The van der Waals surface area contributed by atoms with Crippen LogP contribution in [0.25, 0.3) is 6.08 Å². The van der Waals surface area contributed by atoms with E-state index in [0.717, 1.165) is 5.56 Å². The third-order valence-electron chi connectivity index (χ3n) is 2.70. The molecular weight excluding hydrogens is 216 g/mol. The van der Waals surface area contributed by atoms with E-state index in [0.29, 0.717) is 6.61 Å². The van der Waals surface area contributed by atoms with Gasteiger partial charge in [0.1, 0.15) is 12.2 Å². The molecule has 3 heteroatoms. The highest BCUT2D eigenvalue weighted by atomic mass is 16.7. The molecular formula is C14H18O3. The standard InChI is InChI=1S/C14H18O3/c1-14(2)16-10-13(17-14)12(15)9-8-11-6-4-3-5-7-11/h3-9,12-13,15H,10H2,1-2H3/b9-8+/t12-,13-/m1/s1. The monoisotopic (exact) mass is 234 g/mol. The normalized spacial score (nSPS) is 25.2. The molecule has 0 amide bonds. The van der Waals surface area contributed by atoms with Crippen molar-refractivity contribution in [2.45, 2.75) is 31.8 Å². The third kappa shape index (κ3) is 3.40. The molecule has 17 heavy (non-hydrogen) atoms. The summed E-state index contributed by atoms with van der Waals surface area (Å²) in [5.74, 6) is -0.591. The predicted molar refractivity (Wildman–Crippen MR) is 66.4 cm³/mol. The molecule has 0 spiro atoms. The molecule has 1 fully saturated rings. The summed E-state index contributed by atoms with van der Waals surface area (Å²) >= 11 is 0. The van der Waals surface area contributed by atoms with Crippen molar-refractivity contribution in [3.63, 3.8) is 0 Å². The maximum Gasteiger partial charge on any atom is 0.163 e. The van der Waals surface area contributed by atoms with Gasteiger partial charge in [-0.2, -0.15) is 0 Å². The van der Waals surface area contributed by atoms with Crippen molar-refractivity contribution in [3.8, 4) is 0 Å². The van der Waals surface area contributed by atoms with E-state index in [-0.39, 0.29) is 6.10 Å². The molecule has 0 unspecified atom stereocenters. The van der Waals surface area contributed by atoms with Crippen molar-refractivity contribution in [1.29, 1.82) is 0 Å². The van der Waals surface area contributed by atoms with E-state index in [1.807, 2.05) is 50.3 Å². The largest absolute Gasteiger partial charge is 0.386 e. The third-order valence-corrected chi connectivity index (χ3v) is 2.70. The molecule has 1 aliphatic rings. The van der Waals surface area contributed by atoms with Gasteiger partial charge in [-0.25, -0.2) is 0 Å². The summed E-state index contributed by atoms with van der Waals surface area (Å²) in [6, 6.07) is 9.86. The molecule has 3 nitrogen and oxygen atoms in total. The van der Waals surface area contributed by atoms with Crippen molar-refractivity contribution in [2.75, 3.05) is 6.61 Å². The van der Waals surface area contributed by atoms with Crippen LogP contribution in [-0.2, 0) is 9.47 Å². The number of aliphatic hydroxyl groups is 1. The average Bonchev–Trinajstić information content (AvgIpc) is 2.68. The van der Waals surface area contributed by atoms with E-state index >= 15 is 0 Å². The van der Waals surface area contributed by atoms with Crippen LogP contribution < -0.4 is 0 Å². The minimum absolute atomic E-state index is 0.287. The van der Waals surface area contributed by atoms with E-state index in [2.05, 4.69) is 0 Å². The molecule has 1 heterocycles. The fourth-order valence-corrected chi connectivity index (χ4v) is 1.78. The van der Waals surface area contributed by atoms with Crippen LogP contribution >= 0.6 is 0 Å². The van der Waals surface area contributed by atoms with Crippen molar-refractivity contribution in [1.82, 2.24) is 0 Å². The second-order valence-electron chi connectivity index (χ2n) is 4.63. The van der Waals surface area contributed by atoms with E-state index in [1.54, 1.807) is 6.08 Å². The van der Waals surface area contributed by atoms with E-state index in [4.69, 9.17) is 9.47 Å². The maximum atomic E-state index is 9.95. The minimum Gasteiger partial charge on any atom is -0.386 e. The van der Waals surface area contributed by atoms with Crippen molar-refractivity contribution >= 4 is 6.08 Å².